The smallest absolute Gasteiger partial charge is 0.340 e. The highest BCUT2D eigenvalue weighted by Crippen LogP contribution is 2.20. The van der Waals surface area contributed by atoms with Gasteiger partial charge < -0.3 is 14.8 Å². The molecule has 1 atom stereocenters. The highest BCUT2D eigenvalue weighted by molar-refractivity contribution is 5.92. The Morgan fingerprint density at radius 2 is 2.29 bits per heavy atom. The van der Waals surface area contributed by atoms with Gasteiger partial charge in [0.15, 0.2) is 0 Å². The number of aromatic nitrogens is 1. The van der Waals surface area contributed by atoms with Gasteiger partial charge in [-0.1, -0.05) is 0 Å². The van der Waals surface area contributed by atoms with Crippen LogP contribution in [-0.4, -0.2) is 48.2 Å². The Hall–Kier alpha value is -1.50. The van der Waals surface area contributed by atoms with E-state index in [1.54, 1.807) is 7.05 Å². The second-order valence-corrected chi connectivity index (χ2v) is 5.53. The van der Waals surface area contributed by atoms with Gasteiger partial charge in [-0.25, -0.2) is 0 Å². The number of amides is 1. The van der Waals surface area contributed by atoms with Crippen molar-refractivity contribution < 1.29 is 18.0 Å². The van der Waals surface area contributed by atoms with Gasteiger partial charge in [-0.3, -0.25) is 4.79 Å². The number of nitrogens with zero attached hydrogens (tertiary/aromatic N) is 2. The van der Waals surface area contributed by atoms with E-state index in [0.717, 1.165) is 30.5 Å². The lowest BCUT2D eigenvalue weighted by molar-refractivity contribution is -0.140. The quantitative estimate of drug-likeness (QED) is 0.925. The predicted octanol–water partition coefficient (Wildman–Crippen LogP) is 2.12. The van der Waals surface area contributed by atoms with Gasteiger partial charge in [-0.05, 0) is 44.0 Å². The van der Waals surface area contributed by atoms with Crippen molar-refractivity contribution in [2.45, 2.75) is 25.6 Å². The molecule has 0 spiro atoms. The summed E-state index contributed by atoms with van der Waals surface area (Å²) in [5.74, 6) is -0.00597. The molecule has 1 amide bonds. The molecule has 0 aliphatic carbocycles. The molecule has 1 aliphatic heterocycles. The minimum absolute atomic E-state index is 0.0820. The van der Waals surface area contributed by atoms with Gasteiger partial charge in [0.1, 0.15) is 12.2 Å². The normalized spacial score (nSPS) is 19.5. The first-order chi connectivity index (χ1) is 9.87. The maximum atomic E-state index is 12.5. The van der Waals surface area contributed by atoms with Crippen LogP contribution < -0.4 is 5.32 Å². The average molecular weight is 303 g/mol. The maximum absolute atomic E-state index is 12.5. The minimum atomic E-state index is -4.33. The number of alkyl halides is 3. The van der Waals surface area contributed by atoms with E-state index in [2.05, 4.69) is 5.32 Å². The standard InChI is InChI=1S/C14H20F3N3O/c1-19(9-11-4-2-6-18-8-11)13(21)12-5-3-7-20(12)10-14(15,16)17/h3,5,7,11,18H,2,4,6,8-10H2,1H3. The third kappa shape index (κ3) is 4.49. The SMILES string of the molecule is CN(CC1CCCNC1)C(=O)c1cccn1CC(F)(F)F. The van der Waals surface area contributed by atoms with Gasteiger partial charge in [0.2, 0.25) is 0 Å². The molecule has 1 saturated heterocycles. The van der Waals surface area contributed by atoms with Gasteiger partial charge in [0, 0.05) is 19.8 Å². The fourth-order valence-electron chi connectivity index (χ4n) is 2.68. The zero-order valence-corrected chi connectivity index (χ0v) is 12.0. The molecule has 1 aromatic heterocycles. The number of rotatable bonds is 4. The zero-order valence-electron chi connectivity index (χ0n) is 12.0. The Bertz CT molecular complexity index is 478. The Balaban J connectivity index is 2.00. The second kappa shape index (κ2) is 6.51. The molecule has 21 heavy (non-hydrogen) atoms. The van der Waals surface area contributed by atoms with Crippen molar-refractivity contribution in [2.24, 2.45) is 5.92 Å². The lowest BCUT2D eigenvalue weighted by Gasteiger charge is -2.28. The fourth-order valence-corrected chi connectivity index (χ4v) is 2.68. The van der Waals surface area contributed by atoms with Crippen LogP contribution in [0.15, 0.2) is 18.3 Å². The van der Waals surface area contributed by atoms with Crippen molar-refractivity contribution in [1.29, 1.82) is 0 Å². The predicted molar refractivity (Wildman–Crippen MR) is 73.0 cm³/mol. The molecule has 1 fully saturated rings. The number of halogens is 3. The monoisotopic (exact) mass is 303 g/mol. The summed E-state index contributed by atoms with van der Waals surface area (Å²) in [6.07, 6.45) is -0.942. The van der Waals surface area contributed by atoms with E-state index in [-0.39, 0.29) is 11.6 Å². The van der Waals surface area contributed by atoms with Gasteiger partial charge in [-0.2, -0.15) is 13.2 Å². The Labute approximate surface area is 121 Å². The van der Waals surface area contributed by atoms with Crippen molar-refractivity contribution in [3.05, 3.63) is 24.0 Å². The Morgan fingerprint density at radius 1 is 1.52 bits per heavy atom. The lowest BCUT2D eigenvalue weighted by atomic mass is 9.99. The molecule has 0 aromatic carbocycles. The number of piperidine rings is 1. The van der Waals surface area contributed by atoms with Crippen molar-refractivity contribution in [1.82, 2.24) is 14.8 Å². The van der Waals surface area contributed by atoms with Gasteiger partial charge >= 0.3 is 6.18 Å². The van der Waals surface area contributed by atoms with Crippen LogP contribution in [-0.2, 0) is 6.54 Å². The molecular formula is C14H20F3N3O. The molecule has 2 heterocycles. The number of hydrogen-bond acceptors (Lipinski definition) is 2. The van der Waals surface area contributed by atoms with Crippen LogP contribution >= 0.6 is 0 Å². The van der Waals surface area contributed by atoms with Gasteiger partial charge in [0.05, 0.1) is 0 Å². The molecule has 2 rings (SSSR count). The molecule has 118 valence electrons. The molecule has 0 saturated carbocycles. The van der Waals surface area contributed by atoms with Crippen LogP contribution in [0.25, 0.3) is 0 Å². The van der Waals surface area contributed by atoms with Gasteiger partial charge in [0.25, 0.3) is 5.91 Å². The highest BCUT2D eigenvalue weighted by Gasteiger charge is 2.30. The van der Waals surface area contributed by atoms with Crippen molar-refractivity contribution in [3.63, 3.8) is 0 Å². The number of carbonyl (C=O) groups excluding carboxylic acids is 1. The number of carbonyl (C=O) groups is 1. The summed E-state index contributed by atoms with van der Waals surface area (Å²) in [4.78, 5) is 13.8. The highest BCUT2D eigenvalue weighted by atomic mass is 19.4. The van der Waals surface area contributed by atoms with E-state index < -0.39 is 12.7 Å². The third-order valence-electron chi connectivity index (χ3n) is 3.68. The van der Waals surface area contributed by atoms with Crippen molar-refractivity contribution in [2.75, 3.05) is 26.7 Å². The summed E-state index contributed by atoms with van der Waals surface area (Å²) in [5.41, 5.74) is 0.0820. The molecular weight excluding hydrogens is 283 g/mol. The van der Waals surface area contributed by atoms with E-state index in [1.807, 2.05) is 0 Å². The van der Waals surface area contributed by atoms with E-state index in [0.29, 0.717) is 12.5 Å². The molecule has 1 aliphatic rings. The van der Waals surface area contributed by atoms with E-state index in [9.17, 15) is 18.0 Å². The Kier molecular flexibility index (Phi) is 4.92. The molecule has 0 bridgehead atoms. The summed E-state index contributed by atoms with van der Waals surface area (Å²) in [6.45, 7) is 1.26. The molecule has 0 radical (unpaired) electrons. The minimum Gasteiger partial charge on any atom is -0.340 e. The van der Waals surface area contributed by atoms with E-state index in [1.165, 1.54) is 23.2 Å². The zero-order chi connectivity index (χ0) is 15.5. The largest absolute Gasteiger partial charge is 0.406 e. The number of hydrogen-bond donors (Lipinski definition) is 1. The van der Waals surface area contributed by atoms with E-state index >= 15 is 0 Å². The summed E-state index contributed by atoms with van der Waals surface area (Å²) < 4.78 is 38.4. The van der Waals surface area contributed by atoms with Gasteiger partial charge in [-0.15, -0.1) is 0 Å². The van der Waals surface area contributed by atoms with Crippen LogP contribution in [0.5, 0.6) is 0 Å². The van der Waals surface area contributed by atoms with Crippen LogP contribution in [0.4, 0.5) is 13.2 Å². The first-order valence-corrected chi connectivity index (χ1v) is 7.05. The number of nitrogens with one attached hydrogen (secondary N) is 1. The summed E-state index contributed by atoms with van der Waals surface area (Å²) in [6, 6.07) is 2.90. The molecule has 1 N–H and O–H groups in total. The molecule has 1 unspecified atom stereocenters. The Morgan fingerprint density at radius 3 is 2.90 bits per heavy atom. The maximum Gasteiger partial charge on any atom is 0.406 e. The van der Waals surface area contributed by atoms with Crippen molar-refractivity contribution >= 4 is 5.91 Å². The van der Waals surface area contributed by atoms with Crippen LogP contribution in [0.1, 0.15) is 23.3 Å². The lowest BCUT2D eigenvalue weighted by Crippen LogP contribution is -2.39. The topological polar surface area (TPSA) is 37.3 Å². The summed E-state index contributed by atoms with van der Waals surface area (Å²) >= 11 is 0. The molecule has 7 heteroatoms. The van der Waals surface area contributed by atoms with E-state index in [4.69, 9.17) is 0 Å². The second-order valence-electron chi connectivity index (χ2n) is 5.53. The first-order valence-electron chi connectivity index (χ1n) is 7.05. The van der Waals surface area contributed by atoms with Crippen LogP contribution in [0.3, 0.4) is 0 Å². The van der Waals surface area contributed by atoms with Crippen LogP contribution in [0, 0.1) is 5.92 Å². The summed E-state index contributed by atoms with van der Waals surface area (Å²) in [5, 5.41) is 3.26. The fraction of sp³-hybridized carbons (Fsp3) is 0.643. The van der Waals surface area contributed by atoms with Crippen molar-refractivity contribution in [3.8, 4) is 0 Å². The first kappa shape index (κ1) is 15.9. The van der Waals surface area contributed by atoms with Crippen LogP contribution in [0.2, 0.25) is 0 Å². The average Bonchev–Trinajstić information content (AvgIpc) is 2.84. The third-order valence-corrected chi connectivity index (χ3v) is 3.68. The summed E-state index contributed by atoms with van der Waals surface area (Å²) in [7, 11) is 1.64. The molecule has 4 nitrogen and oxygen atoms in total. The molecule has 1 aromatic rings.